The van der Waals surface area contributed by atoms with Crippen LogP contribution in [0.25, 0.3) is 0 Å². The van der Waals surface area contributed by atoms with Crippen LogP contribution in [0.1, 0.15) is 30.6 Å². The number of likely N-dealkylation sites (tertiary alicyclic amines) is 1. The van der Waals surface area contributed by atoms with Crippen LogP contribution in [0.3, 0.4) is 0 Å². The third-order valence-electron chi connectivity index (χ3n) is 4.20. The molecule has 1 N–H and O–H groups in total. The zero-order valence-corrected chi connectivity index (χ0v) is 15.3. The summed E-state index contributed by atoms with van der Waals surface area (Å²) < 4.78 is 0.789. The van der Waals surface area contributed by atoms with E-state index in [1.807, 2.05) is 17.0 Å². The minimum absolute atomic E-state index is 0.0876. The second-order valence-corrected chi connectivity index (χ2v) is 8.93. The topological polar surface area (TPSA) is 49.4 Å². The van der Waals surface area contributed by atoms with Gasteiger partial charge in [-0.3, -0.25) is 9.59 Å². The number of amides is 2. The molecule has 2 fully saturated rings. The highest BCUT2D eigenvalue weighted by Gasteiger charge is 2.35. The van der Waals surface area contributed by atoms with Gasteiger partial charge in [-0.25, -0.2) is 0 Å². The third-order valence-corrected chi connectivity index (χ3v) is 6.60. The van der Waals surface area contributed by atoms with Crippen LogP contribution in [-0.2, 0) is 15.3 Å². The minimum Gasteiger partial charge on any atom is -0.353 e. The molecule has 0 unspecified atom stereocenters. The molecule has 1 aliphatic carbocycles. The summed E-state index contributed by atoms with van der Waals surface area (Å²) in [6.45, 7) is 1.56. The molecule has 1 saturated heterocycles. The summed E-state index contributed by atoms with van der Waals surface area (Å²) >= 11 is 9.06. The Hall–Kier alpha value is -0.720. The molecule has 0 radical (unpaired) electrons. The van der Waals surface area contributed by atoms with Crippen molar-refractivity contribution in [2.75, 3.05) is 18.8 Å². The number of thioether (sulfide) groups is 1. The average Bonchev–Trinajstić information content (AvgIpc) is 3.30. The highest BCUT2D eigenvalue weighted by atomic mass is 35.5. The van der Waals surface area contributed by atoms with Crippen molar-refractivity contribution in [2.24, 2.45) is 5.92 Å². The van der Waals surface area contributed by atoms with Gasteiger partial charge < -0.3 is 10.2 Å². The second kappa shape index (κ2) is 7.90. The van der Waals surface area contributed by atoms with Crippen LogP contribution < -0.4 is 5.32 Å². The molecule has 1 aromatic rings. The van der Waals surface area contributed by atoms with Crippen molar-refractivity contribution in [3.8, 4) is 0 Å². The minimum atomic E-state index is 0.0876. The lowest BCUT2D eigenvalue weighted by atomic mass is 10.0. The summed E-state index contributed by atoms with van der Waals surface area (Å²) in [5, 5.41) is 3.09. The van der Waals surface area contributed by atoms with Crippen LogP contribution in [0.2, 0.25) is 4.34 Å². The van der Waals surface area contributed by atoms with Crippen molar-refractivity contribution >= 4 is 46.5 Å². The maximum absolute atomic E-state index is 12.0. The molecule has 23 heavy (non-hydrogen) atoms. The molecule has 2 aliphatic rings. The maximum Gasteiger partial charge on any atom is 0.230 e. The Bertz CT molecular complexity index is 566. The number of halogens is 1. The first kappa shape index (κ1) is 17.1. The first-order valence-electron chi connectivity index (χ1n) is 8.02. The third kappa shape index (κ3) is 5.13. The highest BCUT2D eigenvalue weighted by Crippen LogP contribution is 2.32. The van der Waals surface area contributed by atoms with Crippen molar-refractivity contribution in [3.05, 3.63) is 21.3 Å². The Labute approximate surface area is 149 Å². The van der Waals surface area contributed by atoms with Gasteiger partial charge in [0.15, 0.2) is 0 Å². The standard InChI is InChI=1S/C16H21ClN2O2S2/c17-14-4-3-13(23-14)9-22-10-15(20)18-12-5-7-19(8-6-12)16(21)11-1-2-11/h3-4,11-12H,1-2,5-10H2,(H,18,20). The number of nitrogens with one attached hydrogen (secondary N) is 1. The van der Waals surface area contributed by atoms with E-state index in [1.165, 1.54) is 4.88 Å². The number of carbonyl (C=O) groups excluding carboxylic acids is 2. The summed E-state index contributed by atoms with van der Waals surface area (Å²) in [7, 11) is 0. The van der Waals surface area contributed by atoms with Crippen LogP contribution in [0, 0.1) is 5.92 Å². The lowest BCUT2D eigenvalue weighted by Crippen LogP contribution is -2.47. The highest BCUT2D eigenvalue weighted by molar-refractivity contribution is 7.99. The molecule has 2 heterocycles. The lowest BCUT2D eigenvalue weighted by molar-refractivity contribution is -0.133. The van der Waals surface area contributed by atoms with Crippen molar-refractivity contribution in [1.82, 2.24) is 10.2 Å². The Balaban J connectivity index is 1.32. The van der Waals surface area contributed by atoms with Crippen molar-refractivity contribution in [2.45, 2.75) is 37.5 Å². The number of carbonyl (C=O) groups is 2. The van der Waals surface area contributed by atoms with Crippen LogP contribution in [0.5, 0.6) is 0 Å². The fraction of sp³-hybridized carbons (Fsp3) is 0.625. The predicted molar refractivity (Wildman–Crippen MR) is 96.0 cm³/mol. The second-order valence-electron chi connectivity index (χ2n) is 6.14. The van der Waals surface area contributed by atoms with Crippen LogP contribution in [-0.4, -0.2) is 41.6 Å². The number of hydrogen-bond donors (Lipinski definition) is 1. The van der Waals surface area contributed by atoms with Gasteiger partial charge in [-0.15, -0.1) is 23.1 Å². The first-order chi connectivity index (χ1) is 11.1. The first-order valence-corrected chi connectivity index (χ1v) is 10.4. The molecule has 0 spiro atoms. The summed E-state index contributed by atoms with van der Waals surface area (Å²) in [6, 6.07) is 4.10. The number of piperidine rings is 1. The molecule has 4 nitrogen and oxygen atoms in total. The monoisotopic (exact) mass is 372 g/mol. The van der Waals surface area contributed by atoms with Gasteiger partial charge in [0.05, 0.1) is 10.1 Å². The van der Waals surface area contributed by atoms with E-state index in [1.54, 1.807) is 23.1 Å². The molecular weight excluding hydrogens is 352 g/mol. The van der Waals surface area contributed by atoms with Gasteiger partial charge in [-0.2, -0.15) is 0 Å². The van der Waals surface area contributed by atoms with Gasteiger partial charge in [-0.05, 0) is 37.8 Å². The van der Waals surface area contributed by atoms with Crippen LogP contribution in [0.15, 0.2) is 12.1 Å². The Morgan fingerprint density at radius 3 is 2.61 bits per heavy atom. The van der Waals surface area contributed by atoms with Crippen LogP contribution in [0.4, 0.5) is 0 Å². The van der Waals surface area contributed by atoms with E-state index in [2.05, 4.69) is 5.32 Å². The summed E-state index contributed by atoms with van der Waals surface area (Å²) in [4.78, 5) is 27.2. The number of thiophene rings is 1. The Kier molecular flexibility index (Phi) is 5.88. The van der Waals surface area contributed by atoms with Crippen molar-refractivity contribution < 1.29 is 9.59 Å². The zero-order chi connectivity index (χ0) is 16.2. The van der Waals surface area contributed by atoms with E-state index in [9.17, 15) is 9.59 Å². The van der Waals surface area contributed by atoms with Crippen molar-refractivity contribution in [1.29, 1.82) is 0 Å². The number of rotatable bonds is 6. The molecule has 7 heteroatoms. The molecule has 2 amide bonds. The summed E-state index contributed by atoms with van der Waals surface area (Å²) in [5.41, 5.74) is 0. The molecule has 126 valence electrons. The SMILES string of the molecule is O=C(CSCc1ccc(Cl)s1)NC1CCN(C(=O)C2CC2)CC1. The average molecular weight is 373 g/mol. The van der Waals surface area contributed by atoms with Gasteiger partial charge in [0, 0.05) is 35.7 Å². The van der Waals surface area contributed by atoms with E-state index in [4.69, 9.17) is 11.6 Å². The molecule has 0 bridgehead atoms. The molecule has 0 aromatic carbocycles. The van der Waals surface area contributed by atoms with E-state index >= 15 is 0 Å². The summed E-state index contributed by atoms with van der Waals surface area (Å²) in [6.07, 6.45) is 3.86. The normalized spacial score (nSPS) is 18.9. The summed E-state index contributed by atoms with van der Waals surface area (Å²) in [5.74, 6) is 1.99. The van der Waals surface area contributed by atoms with Gasteiger partial charge in [-0.1, -0.05) is 11.6 Å². The predicted octanol–water partition coefficient (Wildman–Crippen LogP) is 3.15. The van der Waals surface area contributed by atoms with Gasteiger partial charge in [0.25, 0.3) is 0 Å². The van der Waals surface area contributed by atoms with Gasteiger partial charge >= 0.3 is 0 Å². The number of nitrogens with zero attached hydrogens (tertiary/aromatic N) is 1. The largest absolute Gasteiger partial charge is 0.353 e. The fourth-order valence-electron chi connectivity index (χ4n) is 2.78. The molecule has 1 aromatic heterocycles. The molecule has 1 aliphatic heterocycles. The molecule has 3 rings (SSSR count). The van der Waals surface area contributed by atoms with Gasteiger partial charge in [0.2, 0.25) is 11.8 Å². The zero-order valence-electron chi connectivity index (χ0n) is 12.9. The maximum atomic E-state index is 12.0. The van der Waals surface area contributed by atoms with E-state index in [-0.39, 0.29) is 11.9 Å². The Morgan fingerprint density at radius 1 is 1.26 bits per heavy atom. The quantitative estimate of drug-likeness (QED) is 0.834. The van der Waals surface area contributed by atoms with E-state index < -0.39 is 0 Å². The number of hydrogen-bond acceptors (Lipinski definition) is 4. The van der Waals surface area contributed by atoms with Crippen LogP contribution >= 0.6 is 34.7 Å². The van der Waals surface area contributed by atoms with Crippen molar-refractivity contribution in [3.63, 3.8) is 0 Å². The Morgan fingerprint density at radius 2 is 2.00 bits per heavy atom. The molecule has 0 atom stereocenters. The lowest BCUT2D eigenvalue weighted by Gasteiger charge is -2.32. The van der Waals surface area contributed by atoms with E-state index in [0.29, 0.717) is 17.6 Å². The molecular formula is C16H21ClN2O2S2. The molecule has 1 saturated carbocycles. The van der Waals surface area contributed by atoms with Gasteiger partial charge in [0.1, 0.15) is 0 Å². The smallest absolute Gasteiger partial charge is 0.230 e. The van der Waals surface area contributed by atoms with E-state index in [0.717, 1.165) is 48.9 Å². The fourth-order valence-corrected chi connectivity index (χ4v) is 4.81.